The van der Waals surface area contributed by atoms with Gasteiger partial charge in [0.1, 0.15) is 5.65 Å². The van der Waals surface area contributed by atoms with Gasteiger partial charge in [0.15, 0.2) is 0 Å². The highest BCUT2D eigenvalue weighted by Gasteiger charge is 2.21. The molecule has 0 radical (unpaired) electrons. The fraction of sp³-hybridized carbons (Fsp3) is 0.278. The van der Waals surface area contributed by atoms with Gasteiger partial charge in [-0.05, 0) is 18.2 Å². The van der Waals surface area contributed by atoms with Crippen molar-refractivity contribution in [1.29, 1.82) is 0 Å². The Hall–Kier alpha value is -2.64. The third-order valence-electron chi connectivity index (χ3n) is 4.63. The van der Waals surface area contributed by atoms with Gasteiger partial charge in [0, 0.05) is 57.5 Å². The number of primary amides is 1. The second kappa shape index (κ2) is 6.93. The Balaban J connectivity index is 1.43. The highest BCUT2D eigenvalue weighted by atomic mass is 35.5. The minimum atomic E-state index is -0.445. The van der Waals surface area contributed by atoms with Crippen molar-refractivity contribution in [2.75, 3.05) is 31.1 Å². The molecule has 2 N–H and O–H groups in total. The minimum absolute atomic E-state index is 0.445. The van der Waals surface area contributed by atoms with Crippen LogP contribution >= 0.6 is 11.6 Å². The summed E-state index contributed by atoms with van der Waals surface area (Å²) in [6.07, 6.45) is 7.10. The number of amides is 1. The number of hydrogen-bond acceptors (Lipinski definition) is 5. The van der Waals surface area contributed by atoms with Crippen molar-refractivity contribution < 1.29 is 4.79 Å². The number of hydrogen-bond donors (Lipinski definition) is 1. The molecule has 1 fully saturated rings. The zero-order chi connectivity index (χ0) is 18.1. The average molecular weight is 371 g/mol. The van der Waals surface area contributed by atoms with Crippen molar-refractivity contribution in [2.24, 2.45) is 5.73 Å². The number of aromatic nitrogens is 3. The Labute approximate surface area is 156 Å². The van der Waals surface area contributed by atoms with Crippen LogP contribution in [0.5, 0.6) is 0 Å². The van der Waals surface area contributed by atoms with Gasteiger partial charge in [0.05, 0.1) is 22.0 Å². The summed E-state index contributed by atoms with van der Waals surface area (Å²) in [7, 11) is 0. The molecule has 1 aliphatic rings. The predicted molar refractivity (Wildman–Crippen MR) is 100 cm³/mol. The van der Waals surface area contributed by atoms with E-state index in [2.05, 4.69) is 19.8 Å². The number of carbonyl (C=O) groups excluding carboxylic acids is 1. The van der Waals surface area contributed by atoms with Crippen molar-refractivity contribution in [2.45, 2.75) is 6.54 Å². The first-order chi connectivity index (χ1) is 12.6. The number of piperazine rings is 1. The van der Waals surface area contributed by atoms with E-state index in [1.807, 2.05) is 35.0 Å². The van der Waals surface area contributed by atoms with Crippen molar-refractivity contribution in [3.8, 4) is 0 Å². The maximum absolute atomic E-state index is 11.6. The lowest BCUT2D eigenvalue weighted by Crippen LogP contribution is -2.46. The third kappa shape index (κ3) is 3.36. The molecule has 1 amide bonds. The summed E-state index contributed by atoms with van der Waals surface area (Å²) in [5.74, 6) is -0.445. The third-order valence-corrected chi connectivity index (χ3v) is 4.85. The highest BCUT2D eigenvalue weighted by molar-refractivity contribution is 6.30. The van der Waals surface area contributed by atoms with Crippen LogP contribution in [0, 0.1) is 0 Å². The number of halogens is 1. The number of fused-ring (bicyclic) bond motifs is 1. The fourth-order valence-electron chi connectivity index (χ4n) is 3.32. The first-order valence-electron chi connectivity index (χ1n) is 8.44. The second-order valence-corrected chi connectivity index (χ2v) is 6.80. The molecule has 0 saturated carbocycles. The van der Waals surface area contributed by atoms with E-state index in [9.17, 15) is 4.79 Å². The second-order valence-electron chi connectivity index (χ2n) is 6.37. The largest absolute Gasteiger partial charge is 0.368 e. The van der Waals surface area contributed by atoms with Gasteiger partial charge in [0.25, 0.3) is 5.91 Å². The predicted octanol–water partition coefficient (Wildman–Crippen LogP) is 1.80. The molecule has 26 heavy (non-hydrogen) atoms. The SMILES string of the molecule is NC(=O)c1cnccc1N1CCN(Cc2cn3cc(Cl)ccc3n2)CC1. The topological polar surface area (TPSA) is 79.8 Å². The lowest BCUT2D eigenvalue weighted by molar-refractivity contribution is 0.1000. The number of nitrogens with zero attached hydrogens (tertiary/aromatic N) is 5. The van der Waals surface area contributed by atoms with Gasteiger partial charge in [-0.2, -0.15) is 0 Å². The summed E-state index contributed by atoms with van der Waals surface area (Å²) in [5, 5.41) is 0.692. The fourth-order valence-corrected chi connectivity index (χ4v) is 3.49. The summed E-state index contributed by atoms with van der Waals surface area (Å²) in [4.78, 5) is 24.8. The average Bonchev–Trinajstić information content (AvgIpc) is 3.03. The van der Waals surface area contributed by atoms with E-state index < -0.39 is 5.91 Å². The number of imidazole rings is 1. The van der Waals surface area contributed by atoms with E-state index in [1.54, 1.807) is 6.20 Å². The highest BCUT2D eigenvalue weighted by Crippen LogP contribution is 2.21. The lowest BCUT2D eigenvalue weighted by atomic mass is 10.2. The van der Waals surface area contributed by atoms with E-state index >= 15 is 0 Å². The molecule has 7 nitrogen and oxygen atoms in total. The molecule has 4 heterocycles. The first-order valence-corrected chi connectivity index (χ1v) is 8.82. The van der Waals surface area contributed by atoms with E-state index in [0.29, 0.717) is 10.6 Å². The van der Waals surface area contributed by atoms with Gasteiger partial charge < -0.3 is 15.0 Å². The van der Waals surface area contributed by atoms with E-state index in [4.69, 9.17) is 17.3 Å². The van der Waals surface area contributed by atoms with Crippen molar-refractivity contribution in [1.82, 2.24) is 19.3 Å². The van der Waals surface area contributed by atoms with Crippen LogP contribution in [-0.4, -0.2) is 51.4 Å². The molecule has 0 unspecified atom stereocenters. The zero-order valence-corrected chi connectivity index (χ0v) is 14.9. The number of rotatable bonds is 4. The van der Waals surface area contributed by atoms with Crippen LogP contribution in [-0.2, 0) is 6.54 Å². The first kappa shape index (κ1) is 16.8. The summed E-state index contributed by atoms with van der Waals surface area (Å²) in [6, 6.07) is 5.61. The number of anilines is 1. The molecule has 8 heteroatoms. The molecule has 0 bridgehead atoms. The van der Waals surface area contributed by atoms with E-state index in [-0.39, 0.29) is 0 Å². The van der Waals surface area contributed by atoms with Gasteiger partial charge in [0.2, 0.25) is 0 Å². The van der Waals surface area contributed by atoms with Gasteiger partial charge in [-0.3, -0.25) is 14.7 Å². The normalized spacial score (nSPS) is 15.5. The van der Waals surface area contributed by atoms with E-state index in [0.717, 1.165) is 49.8 Å². The molecule has 1 aliphatic heterocycles. The van der Waals surface area contributed by atoms with Crippen LogP contribution in [0.15, 0.2) is 43.0 Å². The van der Waals surface area contributed by atoms with E-state index in [1.165, 1.54) is 6.20 Å². The Morgan fingerprint density at radius 1 is 1.15 bits per heavy atom. The van der Waals surface area contributed by atoms with Crippen LogP contribution in [0.2, 0.25) is 5.02 Å². The van der Waals surface area contributed by atoms with Gasteiger partial charge in [-0.1, -0.05) is 11.6 Å². The summed E-state index contributed by atoms with van der Waals surface area (Å²) in [6.45, 7) is 4.20. The molecular weight excluding hydrogens is 352 g/mol. The van der Waals surface area contributed by atoms with Crippen LogP contribution in [0.3, 0.4) is 0 Å². The maximum Gasteiger partial charge on any atom is 0.252 e. The molecule has 4 rings (SSSR count). The Bertz CT molecular complexity index is 948. The van der Waals surface area contributed by atoms with Crippen molar-refractivity contribution in [3.63, 3.8) is 0 Å². The standard InChI is InChI=1S/C18H19ClN6O/c19-13-1-2-17-22-14(12-25(17)10-13)11-23-5-7-24(8-6-23)16-3-4-21-9-15(16)18(20)26/h1-4,9-10,12H,5-8,11H2,(H2,20,26). The molecule has 0 spiro atoms. The molecule has 1 saturated heterocycles. The summed E-state index contributed by atoms with van der Waals surface area (Å²) < 4.78 is 1.95. The minimum Gasteiger partial charge on any atom is -0.368 e. The smallest absolute Gasteiger partial charge is 0.252 e. The summed E-state index contributed by atoms with van der Waals surface area (Å²) in [5.41, 5.74) is 8.70. The zero-order valence-electron chi connectivity index (χ0n) is 14.2. The van der Waals surface area contributed by atoms with Gasteiger partial charge in [-0.15, -0.1) is 0 Å². The molecule has 3 aromatic rings. The van der Waals surface area contributed by atoms with Crippen molar-refractivity contribution in [3.05, 3.63) is 59.3 Å². The monoisotopic (exact) mass is 370 g/mol. The van der Waals surface area contributed by atoms with Crippen LogP contribution < -0.4 is 10.6 Å². The molecule has 134 valence electrons. The van der Waals surface area contributed by atoms with Crippen LogP contribution in [0.4, 0.5) is 5.69 Å². The van der Waals surface area contributed by atoms with Crippen molar-refractivity contribution >= 4 is 28.8 Å². The molecule has 3 aromatic heterocycles. The molecule has 0 aliphatic carbocycles. The Morgan fingerprint density at radius 3 is 2.73 bits per heavy atom. The number of nitrogens with two attached hydrogens (primary N) is 1. The Morgan fingerprint density at radius 2 is 1.96 bits per heavy atom. The Kier molecular flexibility index (Phi) is 4.48. The number of pyridine rings is 2. The lowest BCUT2D eigenvalue weighted by Gasteiger charge is -2.36. The molecule has 0 aromatic carbocycles. The number of carbonyl (C=O) groups is 1. The summed E-state index contributed by atoms with van der Waals surface area (Å²) >= 11 is 6.03. The maximum atomic E-state index is 11.6. The van der Waals surface area contributed by atoms with Gasteiger partial charge >= 0.3 is 0 Å². The van der Waals surface area contributed by atoms with Gasteiger partial charge in [-0.25, -0.2) is 4.98 Å². The molecule has 0 atom stereocenters. The van der Waals surface area contributed by atoms with Crippen LogP contribution in [0.1, 0.15) is 16.1 Å². The van der Waals surface area contributed by atoms with Crippen LogP contribution in [0.25, 0.3) is 5.65 Å². The molecular formula is C18H19ClN6O. The quantitative estimate of drug-likeness (QED) is 0.757.